The van der Waals surface area contributed by atoms with Crippen molar-refractivity contribution in [3.05, 3.63) is 48.2 Å². The van der Waals surface area contributed by atoms with Gasteiger partial charge in [-0.05, 0) is 57.2 Å². The molecule has 3 aromatic rings. The van der Waals surface area contributed by atoms with Crippen molar-refractivity contribution in [2.75, 3.05) is 25.5 Å². The highest BCUT2D eigenvalue weighted by molar-refractivity contribution is 5.95. The van der Waals surface area contributed by atoms with Crippen molar-refractivity contribution in [3.8, 4) is 17.0 Å². The first-order valence-corrected chi connectivity index (χ1v) is 9.25. The number of imidazole rings is 1. The van der Waals surface area contributed by atoms with Crippen LogP contribution in [0, 0.1) is 0 Å². The quantitative estimate of drug-likeness (QED) is 0.610. The highest BCUT2D eigenvalue weighted by Crippen LogP contribution is 2.32. The van der Waals surface area contributed by atoms with Gasteiger partial charge in [0.15, 0.2) is 0 Å². The van der Waals surface area contributed by atoms with Crippen LogP contribution >= 0.6 is 0 Å². The van der Waals surface area contributed by atoms with Crippen LogP contribution in [-0.4, -0.2) is 41.0 Å². The number of aromatic nitrogens is 2. The molecule has 0 fully saturated rings. The van der Waals surface area contributed by atoms with Crippen molar-refractivity contribution in [3.63, 3.8) is 0 Å². The Bertz CT molecular complexity index is 971. The average Bonchev–Trinajstić information content (AvgIpc) is 3.02. The molecule has 0 radical (unpaired) electrons. The number of nitrogens with two attached hydrogens (primary N) is 1. The number of hydrogen-bond donors (Lipinski definition) is 3. The number of fused-ring (bicyclic) bond motifs is 1. The summed E-state index contributed by atoms with van der Waals surface area (Å²) in [5, 5.41) is 6.32. The SMILES string of the molecule is COc1ccc(-c2nc3cc(C(=O)NCCN)ccn3c2NC(C)(C)C)cc1. The highest BCUT2D eigenvalue weighted by atomic mass is 16.5. The van der Waals surface area contributed by atoms with Gasteiger partial charge in [0.2, 0.25) is 0 Å². The Labute approximate surface area is 164 Å². The van der Waals surface area contributed by atoms with Crippen LogP contribution in [0.1, 0.15) is 31.1 Å². The first kappa shape index (κ1) is 19.7. The first-order chi connectivity index (χ1) is 13.3. The lowest BCUT2D eigenvalue weighted by Crippen LogP contribution is -2.29. The van der Waals surface area contributed by atoms with E-state index in [1.165, 1.54) is 0 Å². The minimum absolute atomic E-state index is 0.158. The Morgan fingerprint density at radius 2 is 1.93 bits per heavy atom. The molecule has 2 heterocycles. The van der Waals surface area contributed by atoms with Crippen LogP contribution in [0.2, 0.25) is 0 Å². The van der Waals surface area contributed by atoms with Gasteiger partial charge in [0.05, 0.1) is 7.11 Å². The van der Waals surface area contributed by atoms with Gasteiger partial charge >= 0.3 is 0 Å². The monoisotopic (exact) mass is 381 g/mol. The molecule has 0 saturated heterocycles. The minimum Gasteiger partial charge on any atom is -0.497 e. The molecule has 0 aliphatic carbocycles. The normalized spacial score (nSPS) is 11.5. The fourth-order valence-corrected chi connectivity index (χ4v) is 2.90. The number of amides is 1. The molecule has 3 rings (SSSR count). The molecule has 0 saturated carbocycles. The summed E-state index contributed by atoms with van der Waals surface area (Å²) in [5.41, 5.74) is 8.33. The Morgan fingerprint density at radius 1 is 1.21 bits per heavy atom. The summed E-state index contributed by atoms with van der Waals surface area (Å²) in [6.45, 7) is 7.13. The second-order valence-electron chi connectivity index (χ2n) is 7.60. The number of anilines is 1. The maximum Gasteiger partial charge on any atom is 0.251 e. The van der Waals surface area contributed by atoms with E-state index in [-0.39, 0.29) is 11.4 Å². The van der Waals surface area contributed by atoms with Gasteiger partial charge in [-0.2, -0.15) is 0 Å². The zero-order valence-electron chi connectivity index (χ0n) is 16.7. The lowest BCUT2D eigenvalue weighted by atomic mass is 10.1. The summed E-state index contributed by atoms with van der Waals surface area (Å²) in [6, 6.07) is 11.3. The number of carbonyl (C=O) groups excluding carboxylic acids is 1. The van der Waals surface area contributed by atoms with Crippen molar-refractivity contribution >= 4 is 17.4 Å². The predicted octanol–water partition coefficient (Wildman–Crippen LogP) is 2.91. The number of nitrogens with zero attached hydrogens (tertiary/aromatic N) is 2. The molecule has 2 aromatic heterocycles. The minimum atomic E-state index is -0.160. The van der Waals surface area contributed by atoms with Gasteiger partial charge < -0.3 is 21.1 Å². The molecule has 1 amide bonds. The van der Waals surface area contributed by atoms with Crippen molar-refractivity contribution in [1.29, 1.82) is 0 Å². The lowest BCUT2D eigenvalue weighted by Gasteiger charge is -2.22. The van der Waals surface area contributed by atoms with E-state index >= 15 is 0 Å². The van der Waals surface area contributed by atoms with E-state index in [9.17, 15) is 4.79 Å². The van der Waals surface area contributed by atoms with Gasteiger partial charge in [-0.1, -0.05) is 0 Å². The third-order valence-electron chi connectivity index (χ3n) is 4.18. The molecule has 148 valence electrons. The second-order valence-corrected chi connectivity index (χ2v) is 7.60. The standard InChI is InChI=1S/C21H27N5O2/c1-21(2,3)25-19-18(14-5-7-16(28-4)8-6-14)24-17-13-15(9-12-26(17)19)20(27)23-11-10-22/h5-9,12-13,25H,10-11,22H2,1-4H3,(H,23,27). The summed E-state index contributed by atoms with van der Waals surface area (Å²) in [7, 11) is 1.64. The molecule has 0 aliphatic rings. The Kier molecular flexibility index (Phi) is 5.56. The number of benzene rings is 1. The summed E-state index contributed by atoms with van der Waals surface area (Å²) < 4.78 is 7.22. The zero-order valence-corrected chi connectivity index (χ0v) is 16.7. The van der Waals surface area contributed by atoms with Crippen LogP contribution in [0.4, 0.5) is 5.82 Å². The summed E-state index contributed by atoms with van der Waals surface area (Å²) in [4.78, 5) is 17.1. The third kappa shape index (κ3) is 4.26. The number of pyridine rings is 1. The molecule has 0 atom stereocenters. The number of ether oxygens (including phenoxy) is 1. The maximum absolute atomic E-state index is 12.3. The van der Waals surface area contributed by atoms with Gasteiger partial charge in [0, 0.05) is 36.0 Å². The van der Waals surface area contributed by atoms with Crippen LogP contribution in [0.25, 0.3) is 16.9 Å². The highest BCUT2D eigenvalue weighted by Gasteiger charge is 2.20. The van der Waals surface area contributed by atoms with E-state index in [2.05, 4.69) is 31.4 Å². The molecule has 1 aromatic carbocycles. The van der Waals surface area contributed by atoms with Crippen LogP contribution in [-0.2, 0) is 0 Å². The van der Waals surface area contributed by atoms with Gasteiger partial charge in [0.25, 0.3) is 5.91 Å². The van der Waals surface area contributed by atoms with E-state index in [1.807, 2.05) is 34.9 Å². The fraction of sp³-hybridized carbons (Fsp3) is 0.333. The fourth-order valence-electron chi connectivity index (χ4n) is 2.90. The van der Waals surface area contributed by atoms with Gasteiger partial charge in [-0.15, -0.1) is 0 Å². The molecule has 0 spiro atoms. The first-order valence-electron chi connectivity index (χ1n) is 9.25. The summed E-state index contributed by atoms with van der Waals surface area (Å²) in [6.07, 6.45) is 1.86. The van der Waals surface area contributed by atoms with Crippen molar-refractivity contribution < 1.29 is 9.53 Å². The van der Waals surface area contributed by atoms with Crippen LogP contribution in [0.5, 0.6) is 5.75 Å². The Balaban J connectivity index is 2.09. The van der Waals surface area contributed by atoms with Crippen molar-refractivity contribution in [2.24, 2.45) is 5.73 Å². The van der Waals surface area contributed by atoms with Crippen LogP contribution < -0.4 is 21.1 Å². The molecule has 7 heteroatoms. The van der Waals surface area contributed by atoms with E-state index in [0.29, 0.717) is 24.3 Å². The smallest absolute Gasteiger partial charge is 0.251 e. The average molecular weight is 381 g/mol. The van der Waals surface area contributed by atoms with E-state index in [1.54, 1.807) is 19.2 Å². The number of carbonyl (C=O) groups is 1. The predicted molar refractivity (Wildman–Crippen MR) is 112 cm³/mol. The number of methoxy groups -OCH3 is 1. The molecule has 7 nitrogen and oxygen atoms in total. The number of nitrogens with one attached hydrogen (secondary N) is 2. The summed E-state index contributed by atoms with van der Waals surface area (Å²) in [5.74, 6) is 1.51. The van der Waals surface area contributed by atoms with Gasteiger partial charge in [-0.25, -0.2) is 4.98 Å². The molecule has 0 unspecified atom stereocenters. The zero-order chi connectivity index (χ0) is 20.3. The number of rotatable bonds is 6. The maximum atomic E-state index is 12.3. The molecular weight excluding hydrogens is 354 g/mol. The van der Waals surface area contributed by atoms with Crippen LogP contribution in [0.15, 0.2) is 42.6 Å². The topological polar surface area (TPSA) is 93.7 Å². The van der Waals surface area contributed by atoms with Crippen LogP contribution in [0.3, 0.4) is 0 Å². The molecule has 0 bridgehead atoms. The van der Waals surface area contributed by atoms with Crippen molar-refractivity contribution in [1.82, 2.24) is 14.7 Å². The van der Waals surface area contributed by atoms with E-state index in [0.717, 1.165) is 22.8 Å². The van der Waals surface area contributed by atoms with Crippen molar-refractivity contribution in [2.45, 2.75) is 26.3 Å². The summed E-state index contributed by atoms with van der Waals surface area (Å²) >= 11 is 0. The largest absolute Gasteiger partial charge is 0.497 e. The third-order valence-corrected chi connectivity index (χ3v) is 4.18. The molecule has 28 heavy (non-hydrogen) atoms. The van der Waals surface area contributed by atoms with E-state index < -0.39 is 0 Å². The van der Waals surface area contributed by atoms with Gasteiger partial charge in [0.1, 0.15) is 22.9 Å². The van der Waals surface area contributed by atoms with Gasteiger partial charge in [-0.3, -0.25) is 9.20 Å². The lowest BCUT2D eigenvalue weighted by molar-refractivity contribution is 0.0954. The Morgan fingerprint density at radius 3 is 2.54 bits per heavy atom. The second kappa shape index (κ2) is 7.90. The van der Waals surface area contributed by atoms with E-state index in [4.69, 9.17) is 15.5 Å². The Hall–Kier alpha value is -3.06. The number of hydrogen-bond acceptors (Lipinski definition) is 5. The molecule has 0 aliphatic heterocycles. The molecule has 4 N–H and O–H groups in total. The molecular formula is C21H27N5O2.